The Morgan fingerprint density at radius 1 is 0.444 bits per heavy atom. The zero-order valence-electron chi connectivity index (χ0n) is 73.2. The van der Waals surface area contributed by atoms with Crippen LogP contribution in [-0.2, 0) is 32.5 Å². The Kier molecular flexibility index (Phi) is 31.6. The van der Waals surface area contributed by atoms with Crippen LogP contribution in [0.25, 0.3) is 44.5 Å². The largest absolute Gasteiger partial charge is 0.482 e. The van der Waals surface area contributed by atoms with Crippen molar-refractivity contribution >= 4 is 138 Å². The highest BCUT2D eigenvalue weighted by Gasteiger charge is 2.40. The standard InChI is InChI=1S/C24H27Cl2FN6O2.C24H26Cl2FN5O.C22H23Cl2FN6O2.C21H21Cl2FN4O3S/c1-14(22-18(25)4-5-19(27)23(22)26)35-20-6-16(7-29-24(20)28)17-8-30-33(12-17)11-15-9-32(10-15)21(34)13-31(2)3;1-13(22-19(25)5-6-20(27)23(22)26)33-21-7-14(10-29-24(21)28)15-11-30-32(12-15)18-8-16-3-4-17(9-18)31(16)2;1-12(20-16(23)2-3-17(25)21(20)24)33-18-4-14(5-28-22(18)27)15-6-29-31(10-15)9-13-7-30(8-13)11-19(26)32;1-12(19-16(22)2-3-17(24)20(19)23)31-18-8-13(9-26-21(18)25)14-10-27-28(11-14)15-4-6-32(29,30)7-5-15/h4-8,12,14-15H,9-11,13H2,1-3H3,(H2,28,29);5-7,10-13,16-18H,3-4,8-9H2,1-2H3,(H2,28,29);2-6,10,12-13H,7-9,11H2,1H3,(H2,26,32)(H2,27,28);2-3,8-12,15H,4-7H2,1H3,(H2,25,26). The first-order valence-electron chi connectivity index (χ1n) is 42.5. The molecule has 12 aromatic rings. The lowest BCUT2D eigenvalue weighted by Crippen LogP contribution is -2.53. The minimum Gasteiger partial charge on any atom is -0.482 e. The summed E-state index contributed by atoms with van der Waals surface area (Å²) < 4.78 is 111. The third kappa shape index (κ3) is 23.7. The maximum absolute atomic E-state index is 14.0. The summed E-state index contributed by atoms with van der Waals surface area (Å²) in [5, 5.41) is 18.8. The fourth-order valence-corrected chi connectivity index (χ4v) is 20.9. The number of hydrogen-bond acceptors (Lipinski definition) is 23. The normalized spacial score (nSPS) is 17.7. The van der Waals surface area contributed by atoms with Gasteiger partial charge in [0.25, 0.3) is 0 Å². The van der Waals surface area contributed by atoms with Crippen LogP contribution in [-0.4, -0.2) is 183 Å². The second kappa shape index (κ2) is 42.6. The molecule has 0 spiro atoms. The van der Waals surface area contributed by atoms with E-state index in [1.165, 1.54) is 61.4 Å². The Morgan fingerprint density at radius 2 is 0.759 bits per heavy atom. The van der Waals surface area contributed by atoms with E-state index in [0.717, 1.165) is 84.5 Å². The number of benzene rings is 4. The number of carbonyl (C=O) groups is 2. The lowest BCUT2D eigenvalue weighted by atomic mass is 9.98. The first-order chi connectivity index (χ1) is 63.3. The first kappa shape index (κ1) is 98.5. The highest BCUT2D eigenvalue weighted by atomic mass is 35.5. The number of pyridine rings is 4. The maximum atomic E-state index is 14.0. The summed E-state index contributed by atoms with van der Waals surface area (Å²) in [6.07, 6.45) is 24.5. The van der Waals surface area contributed by atoms with Gasteiger partial charge in [0.1, 0.15) is 57.5 Å². The molecule has 4 aromatic carbocycles. The highest BCUT2D eigenvalue weighted by molar-refractivity contribution is 7.91. The number of nitrogens with two attached hydrogens (primary N) is 5. The maximum Gasteiger partial charge on any atom is 0.236 e. The van der Waals surface area contributed by atoms with Crippen LogP contribution in [0.15, 0.2) is 147 Å². The number of sulfone groups is 1. The number of primary amides is 1. The van der Waals surface area contributed by atoms with Crippen molar-refractivity contribution in [2.45, 2.75) is 128 Å². The highest BCUT2D eigenvalue weighted by Crippen LogP contribution is 2.45. The number of halogens is 12. The van der Waals surface area contributed by atoms with Gasteiger partial charge in [-0.05, 0) is 160 Å². The predicted octanol–water partition coefficient (Wildman–Crippen LogP) is 18.4. The van der Waals surface area contributed by atoms with Crippen LogP contribution in [0.5, 0.6) is 23.0 Å². The fraction of sp³-hybridized carbons (Fsp3) is 0.363. The summed E-state index contributed by atoms with van der Waals surface area (Å²) in [6.45, 7) is 12.1. The van der Waals surface area contributed by atoms with Crippen molar-refractivity contribution in [2.24, 2.45) is 17.6 Å². The number of nitrogen functional groups attached to an aromatic ring is 4. The molecule has 8 aromatic heterocycles. The van der Waals surface area contributed by atoms with Crippen molar-refractivity contribution in [2.75, 3.05) is 94.9 Å². The summed E-state index contributed by atoms with van der Waals surface area (Å²) in [7, 11) is 3.06. The van der Waals surface area contributed by atoms with Gasteiger partial charge < -0.3 is 62.3 Å². The number of likely N-dealkylation sites (N-methyl/N-ethyl adjacent to an activating group) is 1. The third-order valence-electron chi connectivity index (χ3n) is 23.9. The van der Waals surface area contributed by atoms with E-state index in [4.69, 9.17) is 140 Å². The molecule has 2 bridgehead atoms. The molecule has 704 valence electrons. The number of fused-ring (bicyclic) bond motifs is 2. The van der Waals surface area contributed by atoms with Gasteiger partial charge in [-0.15, -0.1) is 0 Å². The van der Waals surface area contributed by atoms with E-state index in [0.29, 0.717) is 122 Å². The molecule has 6 unspecified atom stereocenters. The number of nitrogens with zero attached hydrogens (tertiary/aromatic N) is 16. The number of aromatic nitrogens is 12. The van der Waals surface area contributed by atoms with Crippen molar-refractivity contribution in [3.8, 4) is 67.5 Å². The Bertz CT molecular complexity index is 6340. The van der Waals surface area contributed by atoms with E-state index in [1.54, 1.807) is 94.0 Å². The zero-order chi connectivity index (χ0) is 95.3. The summed E-state index contributed by atoms with van der Waals surface area (Å²) in [4.78, 5) is 48.3. The molecule has 6 atom stereocenters. The Hall–Kier alpha value is -10.5. The number of likely N-dealkylation sites (tertiary alicyclic amines) is 2. The van der Waals surface area contributed by atoms with Crippen LogP contribution >= 0.6 is 92.8 Å². The van der Waals surface area contributed by atoms with Gasteiger partial charge in [-0.2, -0.15) is 20.4 Å². The molecule has 13 heterocycles. The minimum atomic E-state index is -2.95. The average Bonchev–Trinajstić information content (AvgIpc) is 1.67. The van der Waals surface area contributed by atoms with E-state index in [-0.39, 0.29) is 84.3 Å². The summed E-state index contributed by atoms with van der Waals surface area (Å²) in [6, 6.07) is 19.3. The van der Waals surface area contributed by atoms with Crippen LogP contribution in [0.2, 0.25) is 40.2 Å². The van der Waals surface area contributed by atoms with Crippen LogP contribution in [0.4, 0.5) is 40.8 Å². The number of amides is 2. The molecular weight excluding hydrogens is 1910 g/mol. The molecule has 5 aliphatic rings. The van der Waals surface area contributed by atoms with Gasteiger partial charge >= 0.3 is 0 Å². The molecule has 10 N–H and O–H groups in total. The van der Waals surface area contributed by atoms with E-state index >= 15 is 0 Å². The topological polar surface area (TPSA) is 371 Å². The smallest absolute Gasteiger partial charge is 0.236 e. The van der Waals surface area contributed by atoms with Gasteiger partial charge in [0, 0.05) is 200 Å². The lowest BCUT2D eigenvalue weighted by Gasteiger charge is -2.39. The van der Waals surface area contributed by atoms with Gasteiger partial charge in [-0.1, -0.05) is 92.8 Å². The lowest BCUT2D eigenvalue weighted by molar-refractivity contribution is -0.138. The number of piperidine rings is 1. The van der Waals surface area contributed by atoms with E-state index < -0.39 is 57.5 Å². The van der Waals surface area contributed by atoms with Crippen molar-refractivity contribution in [1.82, 2.24) is 78.7 Å². The SMILES string of the molecule is CC(Oc1cc(-c2cnn(C3CC4CCC(C3)N4C)c2)cnc1N)c1c(Cl)ccc(F)c1Cl.CC(Oc1cc(-c2cnn(C3CCS(=O)(=O)CC3)c2)cnc1N)c1c(Cl)ccc(F)c1Cl.CC(Oc1cc(-c2cnn(CC3CN(C(=O)CN(C)C)C3)c2)cnc1N)c1c(Cl)ccc(F)c1Cl.CC(Oc1cc(-c2cnn(CC3CN(CC(N)=O)C3)c2)cnc1N)c1c(Cl)ccc(F)c1Cl. The fourth-order valence-electron chi connectivity index (χ4n) is 16.8. The van der Waals surface area contributed by atoms with Gasteiger partial charge in [0.05, 0.1) is 81.6 Å². The number of hydrogen-bond donors (Lipinski definition) is 5. The number of anilines is 4. The second-order valence-electron chi connectivity index (χ2n) is 33.8. The monoisotopic (exact) mass is 2000 g/mol. The van der Waals surface area contributed by atoms with Gasteiger partial charge in [0.2, 0.25) is 11.8 Å². The molecule has 17 rings (SSSR count). The van der Waals surface area contributed by atoms with Gasteiger partial charge in [0.15, 0.2) is 46.3 Å². The zero-order valence-corrected chi connectivity index (χ0v) is 80.1. The molecule has 0 radical (unpaired) electrons. The van der Waals surface area contributed by atoms with Crippen molar-refractivity contribution in [3.05, 3.63) is 233 Å². The summed E-state index contributed by atoms with van der Waals surface area (Å²) in [5.41, 5.74) is 37.2. The molecular formula is C91H97Cl8F4N21O8S. The molecule has 0 aliphatic carbocycles. The van der Waals surface area contributed by atoms with Crippen LogP contribution in [0, 0.1) is 35.1 Å². The molecule has 0 saturated carbocycles. The third-order valence-corrected chi connectivity index (χ3v) is 28.5. The molecule has 29 nitrogen and oxygen atoms in total. The minimum absolute atomic E-state index is 0.0296. The first-order valence-corrected chi connectivity index (χ1v) is 47.4. The Labute approximate surface area is 805 Å². The molecule has 2 amide bonds. The van der Waals surface area contributed by atoms with E-state index in [1.807, 2.05) is 69.0 Å². The number of rotatable bonds is 26. The molecule has 5 aliphatic heterocycles. The van der Waals surface area contributed by atoms with E-state index in [2.05, 4.69) is 63.2 Å². The predicted molar refractivity (Wildman–Crippen MR) is 509 cm³/mol. The van der Waals surface area contributed by atoms with Crippen molar-refractivity contribution in [1.29, 1.82) is 0 Å². The van der Waals surface area contributed by atoms with E-state index in [9.17, 15) is 35.6 Å². The average molecular weight is 2000 g/mol. The molecule has 5 fully saturated rings. The van der Waals surface area contributed by atoms with Crippen molar-refractivity contribution in [3.63, 3.8) is 0 Å². The van der Waals surface area contributed by atoms with Crippen LogP contribution < -0.4 is 47.6 Å². The quantitative estimate of drug-likeness (QED) is 0.0248. The number of carbonyl (C=O) groups excluding carboxylic acids is 2. The second-order valence-corrected chi connectivity index (χ2v) is 39.2. The summed E-state index contributed by atoms with van der Waals surface area (Å²) in [5.74, 6) is 0.696. The van der Waals surface area contributed by atoms with Gasteiger partial charge in [-0.3, -0.25) is 33.2 Å². The molecule has 42 heteroatoms. The van der Waals surface area contributed by atoms with Crippen molar-refractivity contribution < 1.29 is 54.5 Å². The molecule has 5 saturated heterocycles. The summed E-state index contributed by atoms with van der Waals surface area (Å²) >= 11 is 49.3. The van der Waals surface area contributed by atoms with Crippen LogP contribution in [0.3, 0.4) is 0 Å². The number of ether oxygens (including phenoxy) is 4. The Balaban J connectivity index is 0.000000143. The molecule has 133 heavy (non-hydrogen) atoms. The van der Waals surface area contributed by atoms with Gasteiger partial charge in [-0.25, -0.2) is 45.9 Å². The Morgan fingerprint density at radius 3 is 1.09 bits per heavy atom. The van der Waals surface area contributed by atoms with Crippen LogP contribution in [0.1, 0.15) is 125 Å².